The van der Waals surface area contributed by atoms with Gasteiger partial charge in [-0.05, 0) is 30.5 Å². The zero-order valence-corrected chi connectivity index (χ0v) is 10.1. The molecule has 0 aliphatic rings. The summed E-state index contributed by atoms with van der Waals surface area (Å²) in [5.74, 6) is -2.90. The maximum absolute atomic E-state index is 12.6. The molecule has 1 atom stereocenters. The van der Waals surface area contributed by atoms with Crippen molar-refractivity contribution in [2.24, 2.45) is 5.92 Å². The van der Waals surface area contributed by atoms with Crippen LogP contribution in [0.1, 0.15) is 18.9 Å². The third kappa shape index (κ3) is 4.16. The maximum Gasteiger partial charge on any atom is 0.316 e. The highest BCUT2D eigenvalue weighted by Gasteiger charge is 2.23. The van der Waals surface area contributed by atoms with Gasteiger partial charge in [-0.2, -0.15) is 0 Å². The van der Waals surface area contributed by atoms with Gasteiger partial charge in [0.05, 0.1) is 0 Å². The normalized spacial score (nSPS) is 11.9. The molecule has 0 aliphatic heterocycles. The van der Waals surface area contributed by atoms with Crippen molar-refractivity contribution < 1.29 is 19.1 Å². The smallest absolute Gasteiger partial charge is 0.316 e. The van der Waals surface area contributed by atoms with Crippen LogP contribution in [0.4, 0.5) is 4.39 Å². The largest absolute Gasteiger partial charge is 0.481 e. The summed E-state index contributed by atoms with van der Waals surface area (Å²) < 4.78 is 12.6. The van der Waals surface area contributed by atoms with E-state index in [9.17, 15) is 14.0 Å². The minimum absolute atomic E-state index is 0.262. The van der Waals surface area contributed by atoms with E-state index in [1.54, 1.807) is 19.1 Å². The Morgan fingerprint density at radius 2 is 1.94 bits per heavy atom. The topological polar surface area (TPSA) is 66.4 Å². The van der Waals surface area contributed by atoms with Crippen LogP contribution in [0.15, 0.2) is 24.3 Å². The highest BCUT2D eigenvalue weighted by molar-refractivity contribution is 5.96. The SMILES string of the molecule is CCC(C(=O)O)C(=O)NCCc1ccc(F)cc1. The molecule has 1 aromatic carbocycles. The van der Waals surface area contributed by atoms with Gasteiger partial charge < -0.3 is 10.4 Å². The van der Waals surface area contributed by atoms with E-state index in [1.165, 1.54) is 12.1 Å². The summed E-state index contributed by atoms with van der Waals surface area (Å²) in [6, 6.07) is 5.97. The van der Waals surface area contributed by atoms with Crippen molar-refractivity contribution >= 4 is 11.9 Å². The van der Waals surface area contributed by atoms with E-state index in [-0.39, 0.29) is 12.2 Å². The molecule has 5 heteroatoms. The Morgan fingerprint density at radius 1 is 1.33 bits per heavy atom. The van der Waals surface area contributed by atoms with Gasteiger partial charge in [0.15, 0.2) is 0 Å². The summed E-state index contributed by atoms with van der Waals surface area (Å²) in [7, 11) is 0. The third-order valence-electron chi connectivity index (χ3n) is 2.65. The number of nitrogens with one attached hydrogen (secondary N) is 1. The molecule has 0 heterocycles. The Bertz CT molecular complexity index is 417. The van der Waals surface area contributed by atoms with Gasteiger partial charge >= 0.3 is 5.97 Å². The van der Waals surface area contributed by atoms with Crippen molar-refractivity contribution in [2.75, 3.05) is 6.54 Å². The second-order valence-electron chi connectivity index (χ2n) is 3.97. The van der Waals surface area contributed by atoms with Crippen LogP contribution < -0.4 is 5.32 Å². The first-order valence-electron chi connectivity index (χ1n) is 5.79. The van der Waals surface area contributed by atoms with Crippen molar-refractivity contribution in [3.05, 3.63) is 35.6 Å². The van der Waals surface area contributed by atoms with E-state index < -0.39 is 17.8 Å². The van der Waals surface area contributed by atoms with E-state index in [0.29, 0.717) is 13.0 Å². The standard InChI is InChI=1S/C13H16FNO3/c1-2-11(13(17)18)12(16)15-8-7-9-3-5-10(14)6-4-9/h3-6,11H,2,7-8H2,1H3,(H,15,16)(H,17,18). The summed E-state index contributed by atoms with van der Waals surface area (Å²) in [5, 5.41) is 11.4. The van der Waals surface area contributed by atoms with Crippen LogP contribution in [0.5, 0.6) is 0 Å². The number of carboxylic acid groups (broad SMARTS) is 1. The van der Waals surface area contributed by atoms with Gasteiger partial charge in [-0.25, -0.2) is 4.39 Å². The Labute approximate surface area is 105 Å². The van der Waals surface area contributed by atoms with Gasteiger partial charge in [0.25, 0.3) is 0 Å². The van der Waals surface area contributed by atoms with E-state index in [4.69, 9.17) is 5.11 Å². The first kappa shape index (κ1) is 14.2. The maximum atomic E-state index is 12.6. The fourth-order valence-corrected chi connectivity index (χ4v) is 1.58. The average molecular weight is 253 g/mol. The molecule has 0 fully saturated rings. The first-order valence-corrected chi connectivity index (χ1v) is 5.79. The lowest BCUT2D eigenvalue weighted by atomic mass is 10.1. The average Bonchev–Trinajstić information content (AvgIpc) is 2.32. The van der Waals surface area contributed by atoms with E-state index >= 15 is 0 Å². The quantitative estimate of drug-likeness (QED) is 0.757. The third-order valence-corrected chi connectivity index (χ3v) is 2.65. The molecule has 0 radical (unpaired) electrons. The zero-order chi connectivity index (χ0) is 13.5. The van der Waals surface area contributed by atoms with Gasteiger partial charge in [0, 0.05) is 6.54 Å². The Morgan fingerprint density at radius 3 is 2.44 bits per heavy atom. The Balaban J connectivity index is 2.39. The van der Waals surface area contributed by atoms with Crippen LogP contribution in [-0.2, 0) is 16.0 Å². The van der Waals surface area contributed by atoms with Crippen molar-refractivity contribution in [3.63, 3.8) is 0 Å². The fraction of sp³-hybridized carbons (Fsp3) is 0.385. The summed E-state index contributed by atoms with van der Waals surface area (Å²) in [4.78, 5) is 22.2. The number of hydrogen-bond donors (Lipinski definition) is 2. The molecule has 1 unspecified atom stereocenters. The van der Waals surface area contributed by atoms with Crippen LogP contribution in [0.25, 0.3) is 0 Å². The van der Waals surface area contributed by atoms with Crippen molar-refractivity contribution in [3.8, 4) is 0 Å². The molecule has 98 valence electrons. The molecule has 2 N–H and O–H groups in total. The van der Waals surface area contributed by atoms with Gasteiger partial charge in [0.1, 0.15) is 11.7 Å². The van der Waals surface area contributed by atoms with Gasteiger partial charge in [-0.1, -0.05) is 19.1 Å². The zero-order valence-electron chi connectivity index (χ0n) is 10.1. The number of carbonyl (C=O) groups is 2. The van der Waals surface area contributed by atoms with Crippen LogP contribution in [0, 0.1) is 11.7 Å². The van der Waals surface area contributed by atoms with Crippen molar-refractivity contribution in [2.45, 2.75) is 19.8 Å². The molecule has 0 aliphatic carbocycles. The molecule has 1 rings (SSSR count). The molecule has 1 aromatic rings. The lowest BCUT2D eigenvalue weighted by Gasteiger charge is -2.10. The molecule has 0 bridgehead atoms. The van der Waals surface area contributed by atoms with Crippen molar-refractivity contribution in [1.29, 1.82) is 0 Å². The monoisotopic (exact) mass is 253 g/mol. The highest BCUT2D eigenvalue weighted by atomic mass is 19.1. The molecule has 0 saturated carbocycles. The lowest BCUT2D eigenvalue weighted by Crippen LogP contribution is -2.36. The minimum atomic E-state index is -1.11. The number of amides is 1. The van der Waals surface area contributed by atoms with Crippen LogP contribution >= 0.6 is 0 Å². The second-order valence-corrected chi connectivity index (χ2v) is 3.97. The van der Waals surface area contributed by atoms with Gasteiger partial charge in [0.2, 0.25) is 5.91 Å². The van der Waals surface area contributed by atoms with Crippen LogP contribution in [0.2, 0.25) is 0 Å². The first-order chi connectivity index (χ1) is 8.54. The molecule has 4 nitrogen and oxygen atoms in total. The number of rotatable bonds is 6. The summed E-state index contributed by atoms with van der Waals surface area (Å²) in [5.41, 5.74) is 0.889. The minimum Gasteiger partial charge on any atom is -0.481 e. The molecule has 18 heavy (non-hydrogen) atoms. The number of hydrogen-bond acceptors (Lipinski definition) is 2. The van der Waals surface area contributed by atoms with Crippen molar-refractivity contribution in [1.82, 2.24) is 5.32 Å². The van der Waals surface area contributed by atoms with Gasteiger partial charge in [-0.15, -0.1) is 0 Å². The Kier molecular flexibility index (Phi) is 5.30. The lowest BCUT2D eigenvalue weighted by molar-refractivity contribution is -0.147. The van der Waals surface area contributed by atoms with Gasteiger partial charge in [-0.3, -0.25) is 9.59 Å². The van der Waals surface area contributed by atoms with Crippen LogP contribution in [0.3, 0.4) is 0 Å². The highest BCUT2D eigenvalue weighted by Crippen LogP contribution is 2.04. The number of benzene rings is 1. The molecule has 0 spiro atoms. The summed E-state index contributed by atoms with van der Waals surface area (Å²) in [6.07, 6.45) is 0.805. The Hall–Kier alpha value is -1.91. The molecule has 0 saturated heterocycles. The molecular formula is C13H16FNO3. The number of carbonyl (C=O) groups excluding carboxylic acids is 1. The van der Waals surface area contributed by atoms with Crippen LogP contribution in [-0.4, -0.2) is 23.5 Å². The number of halogens is 1. The number of carboxylic acids is 1. The molecule has 0 aromatic heterocycles. The summed E-state index contributed by atoms with van der Waals surface area (Å²) >= 11 is 0. The number of aliphatic carboxylic acids is 1. The molecular weight excluding hydrogens is 237 g/mol. The predicted octanol–water partition coefficient (Wildman–Crippen LogP) is 1.60. The fourth-order valence-electron chi connectivity index (χ4n) is 1.58. The second kappa shape index (κ2) is 6.74. The van der Waals surface area contributed by atoms with E-state index in [2.05, 4.69) is 5.32 Å². The molecule has 1 amide bonds. The predicted molar refractivity (Wildman–Crippen MR) is 64.5 cm³/mol. The summed E-state index contributed by atoms with van der Waals surface area (Å²) in [6.45, 7) is 1.99. The van der Waals surface area contributed by atoms with E-state index in [0.717, 1.165) is 5.56 Å². The van der Waals surface area contributed by atoms with E-state index in [1.807, 2.05) is 0 Å².